The molecule has 2 aromatic rings. The van der Waals surface area contributed by atoms with Gasteiger partial charge in [-0.3, -0.25) is 9.69 Å². The molecule has 2 N–H and O–H groups in total. The maximum Gasteiger partial charge on any atom is 0.257 e. The molecule has 1 aliphatic rings. The lowest BCUT2D eigenvalue weighted by molar-refractivity contribution is 0.0169. The molecular weight excluding hydrogens is 335 g/mol. The van der Waals surface area contributed by atoms with Crippen LogP contribution in [0.4, 0.5) is 4.39 Å². The number of rotatable bonds is 5. The maximum atomic E-state index is 13.4. The van der Waals surface area contributed by atoms with Crippen molar-refractivity contribution in [3.63, 3.8) is 0 Å². The number of likely N-dealkylation sites (N-methyl/N-ethyl adjacent to an activating group) is 1. The van der Waals surface area contributed by atoms with Crippen molar-refractivity contribution < 1.29 is 19.4 Å². The number of nitrogens with zero attached hydrogens (tertiary/aromatic N) is 2. The summed E-state index contributed by atoms with van der Waals surface area (Å²) in [5.74, 6) is -1.38. The van der Waals surface area contributed by atoms with Gasteiger partial charge < -0.3 is 15.1 Å². The minimum atomic E-state index is -1.03. The number of halogens is 1. The molecule has 1 heterocycles. The van der Waals surface area contributed by atoms with Crippen LogP contribution in [0.3, 0.4) is 0 Å². The fraction of sp³-hybridized carbons (Fsp3) is 0.350. The average Bonchev–Trinajstić information content (AvgIpc) is 2.97. The van der Waals surface area contributed by atoms with Gasteiger partial charge in [-0.15, -0.1) is 0 Å². The van der Waals surface area contributed by atoms with Crippen molar-refractivity contribution in [2.24, 2.45) is 0 Å². The molecule has 6 heteroatoms. The predicted octanol–water partition coefficient (Wildman–Crippen LogP) is 2.24. The Morgan fingerprint density at radius 3 is 2.73 bits per heavy atom. The standard InChI is InChI=1S/C20H23FN2O3/c1-22(19(25)17-11-16(21)7-8-18(17)24)13-20(26)9-10-23(14-20)12-15-5-3-2-4-6-15/h2-8,11,24,26H,9-10,12-14H2,1H3. The van der Waals surface area contributed by atoms with Crippen LogP contribution in [-0.2, 0) is 6.54 Å². The summed E-state index contributed by atoms with van der Waals surface area (Å²) < 4.78 is 13.4. The van der Waals surface area contributed by atoms with Crippen LogP contribution in [0.2, 0.25) is 0 Å². The number of aliphatic hydroxyl groups is 1. The Labute approximate surface area is 152 Å². The first-order valence-electron chi connectivity index (χ1n) is 8.59. The number of phenolic OH excluding ortho intramolecular Hbond substituents is 1. The molecule has 0 aliphatic carbocycles. The molecule has 2 aromatic carbocycles. The third kappa shape index (κ3) is 4.20. The number of benzene rings is 2. The van der Waals surface area contributed by atoms with Crippen LogP contribution in [0.15, 0.2) is 48.5 Å². The van der Waals surface area contributed by atoms with Crippen molar-refractivity contribution in [1.82, 2.24) is 9.80 Å². The first kappa shape index (κ1) is 18.4. The van der Waals surface area contributed by atoms with Gasteiger partial charge in [0.15, 0.2) is 0 Å². The van der Waals surface area contributed by atoms with Gasteiger partial charge in [0.25, 0.3) is 5.91 Å². The lowest BCUT2D eigenvalue weighted by atomic mass is 10.0. The van der Waals surface area contributed by atoms with Crippen LogP contribution in [0, 0.1) is 5.82 Å². The van der Waals surface area contributed by atoms with Gasteiger partial charge in [-0.25, -0.2) is 4.39 Å². The summed E-state index contributed by atoms with van der Waals surface area (Å²) in [5.41, 5.74) is 0.0448. The van der Waals surface area contributed by atoms with E-state index in [-0.39, 0.29) is 17.9 Å². The maximum absolute atomic E-state index is 13.4. The number of β-amino-alcohol motifs (C(OH)–C–C–N with tert-alkyl or cyclic N) is 1. The van der Waals surface area contributed by atoms with Crippen LogP contribution >= 0.6 is 0 Å². The predicted molar refractivity (Wildman–Crippen MR) is 96.3 cm³/mol. The second kappa shape index (κ2) is 7.43. The Morgan fingerprint density at radius 2 is 2.00 bits per heavy atom. The molecule has 0 saturated carbocycles. The fourth-order valence-electron chi connectivity index (χ4n) is 3.44. The number of amides is 1. The van der Waals surface area contributed by atoms with Gasteiger partial charge in [-0.1, -0.05) is 30.3 Å². The van der Waals surface area contributed by atoms with E-state index >= 15 is 0 Å². The normalized spacial score (nSPS) is 20.3. The van der Waals surface area contributed by atoms with Crippen LogP contribution in [0.5, 0.6) is 5.75 Å². The van der Waals surface area contributed by atoms with Crippen molar-refractivity contribution in [2.75, 3.05) is 26.7 Å². The molecule has 0 spiro atoms. The highest BCUT2D eigenvalue weighted by Gasteiger charge is 2.38. The van der Waals surface area contributed by atoms with Crippen molar-refractivity contribution in [2.45, 2.75) is 18.6 Å². The number of phenols is 1. The quantitative estimate of drug-likeness (QED) is 0.860. The van der Waals surface area contributed by atoms with Crippen LogP contribution in [0.25, 0.3) is 0 Å². The van der Waals surface area contributed by atoms with E-state index in [1.54, 1.807) is 7.05 Å². The van der Waals surface area contributed by atoms with Crippen molar-refractivity contribution >= 4 is 5.91 Å². The van der Waals surface area contributed by atoms with Crippen molar-refractivity contribution in [3.05, 3.63) is 65.5 Å². The minimum Gasteiger partial charge on any atom is -0.507 e. The Balaban J connectivity index is 1.62. The van der Waals surface area contributed by atoms with E-state index < -0.39 is 17.3 Å². The molecule has 0 radical (unpaired) electrons. The Hall–Kier alpha value is -2.44. The summed E-state index contributed by atoms with van der Waals surface area (Å²) in [6.07, 6.45) is 0.548. The summed E-state index contributed by atoms with van der Waals surface area (Å²) in [4.78, 5) is 16.0. The minimum absolute atomic E-state index is 0.102. The highest BCUT2D eigenvalue weighted by molar-refractivity contribution is 5.96. The van der Waals surface area contributed by atoms with Gasteiger partial charge in [-0.2, -0.15) is 0 Å². The van der Waals surface area contributed by atoms with Crippen LogP contribution < -0.4 is 0 Å². The second-order valence-electron chi connectivity index (χ2n) is 6.99. The van der Waals surface area contributed by atoms with E-state index in [4.69, 9.17) is 0 Å². The van der Waals surface area contributed by atoms with Crippen molar-refractivity contribution in [1.29, 1.82) is 0 Å². The van der Waals surface area contributed by atoms with Crippen LogP contribution in [-0.4, -0.2) is 58.2 Å². The molecule has 1 atom stereocenters. The third-order valence-electron chi connectivity index (χ3n) is 4.73. The summed E-state index contributed by atoms with van der Waals surface area (Å²) in [5, 5.41) is 20.7. The topological polar surface area (TPSA) is 64.0 Å². The average molecular weight is 358 g/mol. The SMILES string of the molecule is CN(CC1(O)CCN(Cc2ccccc2)C1)C(=O)c1cc(F)ccc1O. The molecule has 0 bridgehead atoms. The second-order valence-corrected chi connectivity index (χ2v) is 6.99. The lowest BCUT2D eigenvalue weighted by Crippen LogP contribution is -2.45. The molecule has 26 heavy (non-hydrogen) atoms. The molecule has 0 aromatic heterocycles. The summed E-state index contributed by atoms with van der Waals surface area (Å²) in [7, 11) is 1.55. The third-order valence-corrected chi connectivity index (χ3v) is 4.73. The Morgan fingerprint density at radius 1 is 1.27 bits per heavy atom. The molecule has 1 saturated heterocycles. The molecular formula is C20H23FN2O3. The van der Waals surface area contributed by atoms with Gasteiger partial charge in [0.1, 0.15) is 11.6 Å². The zero-order valence-corrected chi connectivity index (χ0v) is 14.7. The number of likely N-dealkylation sites (tertiary alicyclic amines) is 1. The van der Waals surface area contributed by atoms with Gasteiger partial charge >= 0.3 is 0 Å². The monoisotopic (exact) mass is 358 g/mol. The van der Waals surface area contributed by atoms with Gasteiger partial charge in [0.05, 0.1) is 17.7 Å². The van der Waals surface area contributed by atoms with E-state index in [9.17, 15) is 19.4 Å². The highest BCUT2D eigenvalue weighted by atomic mass is 19.1. The lowest BCUT2D eigenvalue weighted by Gasteiger charge is -2.29. The molecule has 1 fully saturated rings. The highest BCUT2D eigenvalue weighted by Crippen LogP contribution is 2.25. The van der Waals surface area contributed by atoms with Gasteiger partial charge in [0.2, 0.25) is 0 Å². The Bertz CT molecular complexity index is 784. The number of hydrogen-bond acceptors (Lipinski definition) is 4. The summed E-state index contributed by atoms with van der Waals surface area (Å²) >= 11 is 0. The first-order valence-corrected chi connectivity index (χ1v) is 8.59. The van der Waals surface area contributed by atoms with Gasteiger partial charge in [0, 0.05) is 26.7 Å². The first-order chi connectivity index (χ1) is 12.4. The van der Waals surface area contributed by atoms with Crippen LogP contribution in [0.1, 0.15) is 22.3 Å². The largest absolute Gasteiger partial charge is 0.507 e. The van der Waals surface area contributed by atoms with E-state index in [2.05, 4.69) is 4.90 Å². The zero-order valence-electron chi connectivity index (χ0n) is 14.7. The summed E-state index contributed by atoms with van der Waals surface area (Å²) in [6, 6.07) is 13.3. The molecule has 1 unspecified atom stereocenters. The van der Waals surface area contributed by atoms with E-state index in [0.29, 0.717) is 13.0 Å². The fourth-order valence-corrected chi connectivity index (χ4v) is 3.44. The Kier molecular flexibility index (Phi) is 5.25. The van der Waals surface area contributed by atoms with Gasteiger partial charge in [-0.05, 0) is 30.2 Å². The molecule has 1 aliphatic heterocycles. The van der Waals surface area contributed by atoms with E-state index in [1.807, 2.05) is 30.3 Å². The van der Waals surface area contributed by atoms with E-state index in [1.165, 1.54) is 10.5 Å². The number of hydrogen-bond donors (Lipinski definition) is 2. The number of aromatic hydroxyl groups is 1. The molecule has 3 rings (SSSR count). The molecule has 1 amide bonds. The van der Waals surface area contributed by atoms with Crippen molar-refractivity contribution in [3.8, 4) is 5.75 Å². The number of carbonyl (C=O) groups is 1. The number of carbonyl (C=O) groups excluding carboxylic acids is 1. The zero-order chi connectivity index (χ0) is 18.7. The van der Waals surface area contributed by atoms with E-state index in [0.717, 1.165) is 31.3 Å². The summed E-state index contributed by atoms with van der Waals surface area (Å²) in [6.45, 7) is 2.05. The molecule has 138 valence electrons. The molecule has 5 nitrogen and oxygen atoms in total. The smallest absolute Gasteiger partial charge is 0.257 e.